The summed E-state index contributed by atoms with van der Waals surface area (Å²) in [7, 11) is 1.29. The molecule has 5 heteroatoms. The zero-order valence-corrected chi connectivity index (χ0v) is 20.2. The van der Waals surface area contributed by atoms with Crippen LogP contribution in [0.4, 0.5) is 0 Å². The van der Waals surface area contributed by atoms with Gasteiger partial charge in [0.15, 0.2) is 5.60 Å². The fourth-order valence-corrected chi connectivity index (χ4v) is 7.37. The number of esters is 1. The van der Waals surface area contributed by atoms with E-state index in [-0.39, 0.29) is 16.7 Å². The highest BCUT2D eigenvalue weighted by Gasteiger charge is 2.61. The molecule has 30 heavy (non-hydrogen) atoms. The second-order valence-corrected chi connectivity index (χ2v) is 11.9. The van der Waals surface area contributed by atoms with Crippen LogP contribution < -0.4 is 0 Å². The lowest BCUT2D eigenvalue weighted by Crippen LogP contribution is -2.62. The summed E-state index contributed by atoms with van der Waals surface area (Å²) in [6.07, 6.45) is 7.98. The minimum atomic E-state index is -1.65. The molecule has 7 atom stereocenters. The summed E-state index contributed by atoms with van der Waals surface area (Å²) in [6, 6.07) is 0. The molecule has 174 valence electrons. The predicted molar refractivity (Wildman–Crippen MR) is 117 cm³/mol. The Morgan fingerprint density at radius 1 is 1.10 bits per heavy atom. The molecule has 2 aliphatic carbocycles. The van der Waals surface area contributed by atoms with Crippen molar-refractivity contribution in [1.29, 1.82) is 0 Å². The maximum absolute atomic E-state index is 12.2. The zero-order valence-electron chi connectivity index (χ0n) is 20.2. The van der Waals surface area contributed by atoms with Crippen molar-refractivity contribution in [1.82, 2.24) is 0 Å². The molecule has 3 aliphatic rings. The van der Waals surface area contributed by atoms with Crippen molar-refractivity contribution in [2.75, 3.05) is 7.11 Å². The summed E-state index contributed by atoms with van der Waals surface area (Å²) < 4.78 is 11.0. The first-order valence-electron chi connectivity index (χ1n) is 11.9. The van der Waals surface area contributed by atoms with Gasteiger partial charge < -0.3 is 19.7 Å². The van der Waals surface area contributed by atoms with E-state index >= 15 is 0 Å². The lowest BCUT2D eigenvalue weighted by Gasteiger charge is -2.63. The first-order valence-corrected chi connectivity index (χ1v) is 11.9. The van der Waals surface area contributed by atoms with E-state index in [1.165, 1.54) is 33.3 Å². The van der Waals surface area contributed by atoms with Gasteiger partial charge in [-0.25, -0.2) is 4.79 Å². The average Bonchev–Trinajstić information content (AvgIpc) is 3.06. The quantitative estimate of drug-likeness (QED) is 0.630. The minimum Gasteiger partial charge on any atom is -0.467 e. The highest BCUT2D eigenvalue weighted by Crippen LogP contribution is 2.64. The lowest BCUT2D eigenvalue weighted by atomic mass is 9.44. The van der Waals surface area contributed by atoms with Crippen LogP contribution in [0.2, 0.25) is 0 Å². The first kappa shape index (κ1) is 24.0. The number of hydrogen-bond donors (Lipinski definition) is 2. The monoisotopic (exact) mass is 424 g/mol. The van der Waals surface area contributed by atoms with Crippen LogP contribution in [0, 0.1) is 22.7 Å². The molecular formula is C25H44O5. The summed E-state index contributed by atoms with van der Waals surface area (Å²) in [6.45, 7) is 12.8. The minimum absolute atomic E-state index is 0.0850. The number of carbonyl (C=O) groups is 1. The molecule has 0 bridgehead atoms. The summed E-state index contributed by atoms with van der Waals surface area (Å²) in [5, 5.41) is 22.8. The summed E-state index contributed by atoms with van der Waals surface area (Å²) in [4.78, 5) is 12.0. The predicted octanol–water partition coefficient (Wildman–Crippen LogP) is 4.62. The molecule has 0 aromatic heterocycles. The molecule has 1 unspecified atom stereocenters. The van der Waals surface area contributed by atoms with E-state index in [2.05, 4.69) is 34.6 Å². The molecule has 0 radical (unpaired) electrons. The van der Waals surface area contributed by atoms with Gasteiger partial charge in [-0.1, -0.05) is 34.1 Å². The van der Waals surface area contributed by atoms with Crippen molar-refractivity contribution in [2.24, 2.45) is 22.7 Å². The SMILES string of the molecule is COC(=O)[C@](C)(O)[C@H]1CC[C@@](C)(CC[C@@]2(O)[C@H](C)CCC3C(C)(C)CCC[C@@]32C)O1. The second kappa shape index (κ2) is 7.74. The number of hydrogen-bond acceptors (Lipinski definition) is 5. The Morgan fingerprint density at radius 2 is 1.77 bits per heavy atom. The van der Waals surface area contributed by atoms with E-state index in [4.69, 9.17) is 9.47 Å². The molecule has 3 fully saturated rings. The molecule has 2 N–H and O–H groups in total. The van der Waals surface area contributed by atoms with Gasteiger partial charge in [-0.3, -0.25) is 0 Å². The van der Waals surface area contributed by atoms with Crippen molar-refractivity contribution in [3.8, 4) is 0 Å². The Balaban J connectivity index is 1.76. The average molecular weight is 425 g/mol. The smallest absolute Gasteiger partial charge is 0.340 e. The van der Waals surface area contributed by atoms with Crippen LogP contribution in [0.5, 0.6) is 0 Å². The fourth-order valence-electron chi connectivity index (χ4n) is 7.37. The number of aliphatic hydroxyl groups is 2. The van der Waals surface area contributed by atoms with E-state index in [1.807, 2.05) is 0 Å². The third-order valence-corrected chi connectivity index (χ3v) is 9.54. The Bertz CT molecular complexity index is 658. The van der Waals surface area contributed by atoms with E-state index < -0.39 is 28.9 Å². The van der Waals surface area contributed by atoms with E-state index in [0.29, 0.717) is 18.8 Å². The van der Waals surface area contributed by atoms with Crippen LogP contribution in [-0.2, 0) is 14.3 Å². The number of carbonyl (C=O) groups excluding carboxylic acids is 1. The van der Waals surface area contributed by atoms with Gasteiger partial charge in [0.1, 0.15) is 0 Å². The molecule has 0 spiro atoms. The molecule has 0 aromatic rings. The molecule has 1 saturated heterocycles. The van der Waals surface area contributed by atoms with Crippen molar-refractivity contribution < 1.29 is 24.5 Å². The van der Waals surface area contributed by atoms with Gasteiger partial charge in [0.05, 0.1) is 24.4 Å². The van der Waals surface area contributed by atoms with Crippen LogP contribution in [-0.4, -0.2) is 46.2 Å². The molecule has 1 aliphatic heterocycles. The maximum atomic E-state index is 12.2. The fraction of sp³-hybridized carbons (Fsp3) is 0.960. The second-order valence-electron chi connectivity index (χ2n) is 11.9. The van der Waals surface area contributed by atoms with Gasteiger partial charge in [0.25, 0.3) is 0 Å². The standard InChI is InChI=1S/C25H44O5/c1-17-9-10-18-21(2,3)12-8-13-23(18,5)25(17,28)16-15-22(4)14-11-19(30-22)24(6,27)20(26)29-7/h17-19,27-28H,8-16H2,1-7H3/t17-,18?,19-,22+,23+,24-,25-/m1/s1. The first-order chi connectivity index (χ1) is 13.7. The van der Waals surface area contributed by atoms with Gasteiger partial charge in [-0.15, -0.1) is 0 Å². The zero-order chi connectivity index (χ0) is 22.6. The maximum Gasteiger partial charge on any atom is 0.340 e. The third-order valence-electron chi connectivity index (χ3n) is 9.54. The lowest BCUT2D eigenvalue weighted by molar-refractivity contribution is -0.219. The van der Waals surface area contributed by atoms with Gasteiger partial charge in [0, 0.05) is 0 Å². The number of rotatable bonds is 5. The summed E-state index contributed by atoms with van der Waals surface area (Å²) >= 11 is 0. The number of methoxy groups -OCH3 is 1. The van der Waals surface area contributed by atoms with Crippen LogP contribution in [0.1, 0.15) is 99.3 Å². The van der Waals surface area contributed by atoms with Crippen LogP contribution >= 0.6 is 0 Å². The van der Waals surface area contributed by atoms with Crippen LogP contribution in [0.25, 0.3) is 0 Å². The van der Waals surface area contributed by atoms with E-state index in [9.17, 15) is 15.0 Å². The summed E-state index contributed by atoms with van der Waals surface area (Å²) in [5.41, 5.74) is -2.64. The van der Waals surface area contributed by atoms with Gasteiger partial charge in [-0.05, 0) is 87.9 Å². The largest absolute Gasteiger partial charge is 0.467 e. The van der Waals surface area contributed by atoms with E-state index in [0.717, 1.165) is 25.7 Å². The molecular weight excluding hydrogens is 380 g/mol. The highest BCUT2D eigenvalue weighted by atomic mass is 16.6. The van der Waals surface area contributed by atoms with Gasteiger partial charge >= 0.3 is 5.97 Å². The molecule has 2 saturated carbocycles. The van der Waals surface area contributed by atoms with Crippen molar-refractivity contribution in [3.05, 3.63) is 0 Å². The van der Waals surface area contributed by atoms with Crippen molar-refractivity contribution in [2.45, 2.75) is 122 Å². The molecule has 0 amide bonds. The third kappa shape index (κ3) is 3.73. The molecule has 5 nitrogen and oxygen atoms in total. The Kier molecular flexibility index (Phi) is 6.19. The molecule has 0 aromatic carbocycles. The normalized spacial score (nSPS) is 45.4. The highest BCUT2D eigenvalue weighted by molar-refractivity contribution is 5.79. The van der Waals surface area contributed by atoms with Gasteiger partial charge in [0.2, 0.25) is 0 Å². The topological polar surface area (TPSA) is 76.0 Å². The Hall–Kier alpha value is -0.650. The van der Waals surface area contributed by atoms with Crippen LogP contribution in [0.3, 0.4) is 0 Å². The van der Waals surface area contributed by atoms with Crippen molar-refractivity contribution in [3.63, 3.8) is 0 Å². The van der Waals surface area contributed by atoms with E-state index in [1.54, 1.807) is 0 Å². The molecule has 3 rings (SSSR count). The Labute approximate surface area is 182 Å². The van der Waals surface area contributed by atoms with Crippen molar-refractivity contribution >= 4 is 5.97 Å². The molecule has 1 heterocycles. The summed E-state index contributed by atoms with van der Waals surface area (Å²) in [5.74, 6) is 0.132. The van der Waals surface area contributed by atoms with Crippen LogP contribution in [0.15, 0.2) is 0 Å². The Morgan fingerprint density at radius 3 is 2.40 bits per heavy atom. The van der Waals surface area contributed by atoms with Gasteiger partial charge in [-0.2, -0.15) is 0 Å². The number of ether oxygens (including phenoxy) is 2. The number of fused-ring (bicyclic) bond motifs is 1.